The molecular weight excluding hydrogens is 433 g/mol. The van der Waals surface area contributed by atoms with Crippen LogP contribution in [0, 0.1) is 0 Å². The first-order chi connectivity index (χ1) is 15.5. The summed E-state index contributed by atoms with van der Waals surface area (Å²) in [7, 11) is 0. The average Bonchev–Trinajstić information content (AvgIpc) is 3.38. The van der Waals surface area contributed by atoms with E-state index in [1.54, 1.807) is 30.7 Å². The van der Waals surface area contributed by atoms with Gasteiger partial charge in [-0.1, -0.05) is 35.9 Å². The van der Waals surface area contributed by atoms with Crippen LogP contribution in [0.15, 0.2) is 67.1 Å². The number of benzene rings is 2. The minimum absolute atomic E-state index is 0. The van der Waals surface area contributed by atoms with Gasteiger partial charge in [-0.05, 0) is 48.2 Å². The zero-order valence-corrected chi connectivity index (χ0v) is 18.8. The molecule has 7 nitrogen and oxygen atoms in total. The number of nitrogens with one attached hydrogen (secondary N) is 1. The van der Waals surface area contributed by atoms with Crippen LogP contribution in [0.4, 0.5) is 5.95 Å². The van der Waals surface area contributed by atoms with Gasteiger partial charge in [0.05, 0.1) is 17.7 Å². The molecule has 0 bridgehead atoms. The van der Waals surface area contributed by atoms with E-state index < -0.39 is 5.97 Å². The van der Waals surface area contributed by atoms with Gasteiger partial charge in [0.15, 0.2) is 0 Å². The van der Waals surface area contributed by atoms with Gasteiger partial charge in [-0.2, -0.15) is 0 Å². The summed E-state index contributed by atoms with van der Waals surface area (Å²) in [6.45, 7) is 0. The number of carboxylic acid groups (broad SMARTS) is 1. The molecule has 2 aromatic heterocycles. The molecule has 0 unspecified atom stereocenters. The molecule has 4 aromatic rings. The van der Waals surface area contributed by atoms with E-state index in [2.05, 4.69) is 44.5 Å². The zero-order valence-electron chi connectivity index (χ0n) is 19.1. The summed E-state index contributed by atoms with van der Waals surface area (Å²) in [6.07, 6.45) is 6.85. The first-order valence-electron chi connectivity index (χ1n) is 10.3. The van der Waals surface area contributed by atoms with Crippen LogP contribution in [0.2, 0.25) is 5.02 Å². The number of imidazole rings is 1. The molecule has 2 heterocycles. The monoisotopic (exact) mass is 453 g/mol. The number of fused-ring (bicyclic) bond motifs is 1. The van der Waals surface area contributed by atoms with Gasteiger partial charge < -0.3 is 11.8 Å². The Hall–Kier alpha value is -3.11. The summed E-state index contributed by atoms with van der Waals surface area (Å²) in [6, 6.07) is 16.0. The predicted octanol–water partition coefficient (Wildman–Crippen LogP) is 1.31. The number of rotatable bonds is 6. The third-order valence-electron chi connectivity index (χ3n) is 5.49. The molecule has 162 valence electrons. The Labute approximate surface area is 209 Å². The molecule has 1 aliphatic carbocycles. The molecule has 0 spiro atoms. The van der Waals surface area contributed by atoms with Crippen LogP contribution in [0.1, 0.15) is 18.2 Å². The maximum atomic E-state index is 11.2. The summed E-state index contributed by atoms with van der Waals surface area (Å²) in [5, 5.41) is 13.2. The molecule has 5 rings (SSSR count). The molecule has 0 fully saturated rings. The summed E-state index contributed by atoms with van der Waals surface area (Å²) in [4.78, 5) is 24.7. The third-order valence-corrected chi connectivity index (χ3v) is 5.74. The Balaban J connectivity index is 0.00000162. The number of carbonyl (C=O) groups is 1. The second-order valence-corrected chi connectivity index (χ2v) is 8.22. The number of hydrogen-bond donors (Lipinski definition) is 2. The van der Waals surface area contributed by atoms with Gasteiger partial charge in [-0.25, -0.2) is 15.0 Å². The first kappa shape index (κ1) is 23.1. The van der Waals surface area contributed by atoms with E-state index in [9.17, 15) is 9.90 Å². The van der Waals surface area contributed by atoms with Crippen molar-refractivity contribution in [3.63, 3.8) is 0 Å². The normalized spacial score (nSPS) is 12.8. The summed E-state index contributed by atoms with van der Waals surface area (Å²) >= 11 is 6.02. The van der Waals surface area contributed by atoms with Gasteiger partial charge in [0.1, 0.15) is 5.82 Å². The minimum Gasteiger partial charge on any atom is -1.00 e. The third kappa shape index (κ3) is 5.12. The Kier molecular flexibility index (Phi) is 6.85. The molecule has 1 aliphatic rings. The molecule has 0 amide bonds. The van der Waals surface area contributed by atoms with Crippen LogP contribution in [0.3, 0.4) is 0 Å². The minimum atomic E-state index is -0.939. The van der Waals surface area contributed by atoms with Gasteiger partial charge >= 0.3 is 24.8 Å². The number of halogens is 1. The number of carboxylic acids is 1. The smallest absolute Gasteiger partial charge is 1.00 e. The topological polar surface area (TPSA) is 92.9 Å². The number of hydrogen-bond acceptors (Lipinski definition) is 5. The van der Waals surface area contributed by atoms with E-state index in [0.29, 0.717) is 28.1 Å². The van der Waals surface area contributed by atoms with Crippen molar-refractivity contribution in [3.8, 4) is 17.1 Å². The van der Waals surface area contributed by atoms with Gasteiger partial charge in [0.25, 0.3) is 0 Å². The Morgan fingerprint density at radius 2 is 1.73 bits per heavy atom. The average molecular weight is 454 g/mol. The molecule has 0 saturated heterocycles. The zero-order chi connectivity index (χ0) is 22.1. The van der Waals surface area contributed by atoms with Gasteiger partial charge in [-0.3, -0.25) is 9.36 Å². The van der Waals surface area contributed by atoms with Crippen molar-refractivity contribution >= 4 is 23.5 Å². The van der Waals surface area contributed by atoms with E-state index >= 15 is 0 Å². The predicted molar refractivity (Wildman–Crippen MR) is 123 cm³/mol. The molecule has 9 heteroatoms. The summed E-state index contributed by atoms with van der Waals surface area (Å²) < 4.78 is 1.83. The summed E-state index contributed by atoms with van der Waals surface area (Å²) in [5.41, 5.74) is 4.68. The van der Waals surface area contributed by atoms with Crippen LogP contribution in [0.25, 0.3) is 17.1 Å². The van der Waals surface area contributed by atoms with Crippen molar-refractivity contribution in [2.75, 3.05) is 5.32 Å². The Morgan fingerprint density at radius 3 is 2.33 bits per heavy atom. The maximum absolute atomic E-state index is 11.2. The fourth-order valence-corrected chi connectivity index (χ4v) is 4.16. The fraction of sp³-hybridized carbons (Fsp3) is 0.167. The molecule has 33 heavy (non-hydrogen) atoms. The molecule has 2 aromatic carbocycles. The molecule has 0 atom stereocenters. The fourth-order valence-electron chi connectivity index (χ4n) is 4.03. The number of aliphatic carboxylic acids is 1. The standard InChI is InChI=1S/C24H20ClN5O2.Li.H/c25-18-5-7-21(8-6-18)30-14-20(11-22(31)32)28-23(30)17-12-26-24(27-13-17)29-19-9-15-3-1-2-4-16(15)10-19;;/h1-8,12-14,19H,9-11H2,(H,31,32)(H,26,27,29);;/q;+1;-1. The van der Waals surface area contributed by atoms with Crippen molar-refractivity contribution in [1.29, 1.82) is 0 Å². The number of nitrogens with zero attached hydrogens (tertiary/aromatic N) is 4. The molecule has 0 saturated carbocycles. The molecule has 0 aliphatic heterocycles. The van der Waals surface area contributed by atoms with Crippen molar-refractivity contribution in [3.05, 3.63) is 89.0 Å². The largest absolute Gasteiger partial charge is 1.00 e. The second-order valence-electron chi connectivity index (χ2n) is 7.79. The number of anilines is 1. The first-order valence-corrected chi connectivity index (χ1v) is 10.6. The van der Waals surface area contributed by atoms with Crippen LogP contribution < -0.4 is 24.2 Å². The molecule has 0 radical (unpaired) electrons. The summed E-state index contributed by atoms with van der Waals surface area (Å²) in [5.74, 6) is 0.191. The Bertz CT molecular complexity index is 1260. The van der Waals surface area contributed by atoms with E-state index in [4.69, 9.17) is 11.6 Å². The van der Waals surface area contributed by atoms with Crippen molar-refractivity contribution in [1.82, 2.24) is 19.5 Å². The van der Waals surface area contributed by atoms with Crippen LogP contribution in [0.5, 0.6) is 0 Å². The molecule has 2 N–H and O–H groups in total. The van der Waals surface area contributed by atoms with Crippen molar-refractivity contribution in [2.45, 2.75) is 25.3 Å². The SMILES string of the molecule is O=C(O)Cc1cn(-c2ccc(Cl)cc2)c(-c2cnc(NC3Cc4ccccc4C3)nc2)n1.[H-].[Li+]. The van der Waals surface area contributed by atoms with Gasteiger partial charge in [0, 0.05) is 35.3 Å². The quantitative estimate of drug-likeness (QED) is 0.428. The maximum Gasteiger partial charge on any atom is 1.00 e. The van der Waals surface area contributed by atoms with E-state index in [0.717, 1.165) is 18.5 Å². The molecular formula is C24H21ClLiN5O2. The van der Waals surface area contributed by atoms with Crippen LogP contribution >= 0.6 is 11.6 Å². The van der Waals surface area contributed by atoms with Crippen LogP contribution in [-0.2, 0) is 24.1 Å². The van der Waals surface area contributed by atoms with E-state index in [-0.39, 0.29) is 32.7 Å². The van der Waals surface area contributed by atoms with E-state index in [1.165, 1.54) is 11.1 Å². The van der Waals surface area contributed by atoms with Gasteiger partial charge in [0.2, 0.25) is 5.95 Å². The van der Waals surface area contributed by atoms with E-state index in [1.807, 2.05) is 16.7 Å². The van der Waals surface area contributed by atoms with Crippen molar-refractivity contribution in [2.24, 2.45) is 0 Å². The van der Waals surface area contributed by atoms with Crippen LogP contribution in [-0.4, -0.2) is 36.6 Å². The number of aromatic nitrogens is 4. The van der Waals surface area contributed by atoms with Gasteiger partial charge in [-0.15, -0.1) is 0 Å². The second kappa shape index (κ2) is 9.80. The van der Waals surface area contributed by atoms with Crippen molar-refractivity contribution < 1.29 is 30.2 Å². The Morgan fingerprint density at radius 1 is 1.09 bits per heavy atom.